The van der Waals surface area contributed by atoms with Crippen LogP contribution in [0.2, 0.25) is 10.0 Å². The first-order valence-electron chi connectivity index (χ1n) is 9.75. The molecule has 0 aliphatic carbocycles. The fourth-order valence-corrected chi connectivity index (χ4v) is 3.94. The summed E-state index contributed by atoms with van der Waals surface area (Å²) in [6, 6.07) is 16.5. The minimum atomic E-state index is -4.78. The van der Waals surface area contributed by atoms with Gasteiger partial charge in [-0.25, -0.2) is 4.79 Å². The highest BCUT2D eigenvalue weighted by atomic mass is 35.5. The molecule has 9 heteroatoms. The number of alkyl halides is 3. The summed E-state index contributed by atoms with van der Waals surface area (Å²) in [6.07, 6.45) is -5.36. The standard InChI is InChI=1S/C24H16Cl2F3NO3/c1-14-2-4-16(5-3-14)22(31)32-20-8-6-15(7-9-20)21-13-23(33-30-21,24(27,28)29)17-10-18(25)12-19(26)11-17/h2-12H,13H2,1H3. The van der Waals surface area contributed by atoms with Crippen molar-refractivity contribution in [2.24, 2.45) is 5.16 Å². The molecule has 0 aromatic heterocycles. The molecule has 4 nitrogen and oxygen atoms in total. The van der Waals surface area contributed by atoms with E-state index in [9.17, 15) is 18.0 Å². The van der Waals surface area contributed by atoms with Crippen molar-refractivity contribution in [3.63, 3.8) is 0 Å². The number of esters is 1. The van der Waals surface area contributed by atoms with Gasteiger partial charge in [-0.3, -0.25) is 0 Å². The van der Waals surface area contributed by atoms with E-state index in [1.807, 2.05) is 6.92 Å². The summed E-state index contributed by atoms with van der Waals surface area (Å²) in [5.74, 6) is -0.300. The SMILES string of the molecule is Cc1ccc(C(=O)Oc2ccc(C3=NOC(c4cc(Cl)cc(Cl)c4)(C(F)(F)F)C3)cc2)cc1. The monoisotopic (exact) mass is 493 g/mol. The van der Waals surface area contributed by atoms with Gasteiger partial charge >= 0.3 is 12.1 Å². The average Bonchev–Trinajstić information content (AvgIpc) is 3.21. The second-order valence-electron chi connectivity index (χ2n) is 7.57. The van der Waals surface area contributed by atoms with Crippen LogP contribution in [-0.4, -0.2) is 17.9 Å². The van der Waals surface area contributed by atoms with Crippen molar-refractivity contribution >= 4 is 34.9 Å². The van der Waals surface area contributed by atoms with Gasteiger partial charge in [0.2, 0.25) is 0 Å². The lowest BCUT2D eigenvalue weighted by Crippen LogP contribution is -2.42. The maximum atomic E-state index is 14.1. The number of ether oxygens (including phenoxy) is 1. The second kappa shape index (κ2) is 8.72. The molecule has 1 atom stereocenters. The van der Waals surface area contributed by atoms with Gasteiger partial charge in [0.1, 0.15) is 5.75 Å². The fourth-order valence-electron chi connectivity index (χ4n) is 3.42. The van der Waals surface area contributed by atoms with Crippen molar-refractivity contribution in [1.82, 2.24) is 0 Å². The highest BCUT2D eigenvalue weighted by Gasteiger charge is 2.62. The first kappa shape index (κ1) is 23.1. The second-order valence-corrected chi connectivity index (χ2v) is 8.44. The largest absolute Gasteiger partial charge is 0.435 e. The Morgan fingerprint density at radius 1 is 1.00 bits per heavy atom. The van der Waals surface area contributed by atoms with E-state index in [0.717, 1.165) is 17.7 Å². The zero-order valence-electron chi connectivity index (χ0n) is 17.1. The molecule has 170 valence electrons. The summed E-state index contributed by atoms with van der Waals surface area (Å²) in [7, 11) is 0. The van der Waals surface area contributed by atoms with Crippen LogP contribution in [0.4, 0.5) is 13.2 Å². The van der Waals surface area contributed by atoms with E-state index in [1.165, 1.54) is 30.3 Å². The van der Waals surface area contributed by atoms with Crippen molar-refractivity contribution in [2.45, 2.75) is 25.1 Å². The molecule has 0 fully saturated rings. The fraction of sp³-hybridized carbons (Fsp3) is 0.167. The van der Waals surface area contributed by atoms with Crippen LogP contribution in [0.15, 0.2) is 71.9 Å². The lowest BCUT2D eigenvalue weighted by atomic mass is 9.86. The number of carbonyl (C=O) groups is 1. The summed E-state index contributed by atoms with van der Waals surface area (Å²) in [5.41, 5.74) is -1.09. The van der Waals surface area contributed by atoms with Gasteiger partial charge in [0, 0.05) is 22.0 Å². The molecule has 0 spiro atoms. The highest BCUT2D eigenvalue weighted by molar-refractivity contribution is 6.34. The lowest BCUT2D eigenvalue weighted by molar-refractivity contribution is -0.275. The molecule has 0 amide bonds. The van der Waals surface area contributed by atoms with Crippen LogP contribution in [0, 0.1) is 6.92 Å². The highest BCUT2D eigenvalue weighted by Crippen LogP contribution is 2.49. The molecule has 0 radical (unpaired) electrons. The maximum Gasteiger partial charge on any atom is 0.435 e. The molecule has 1 aliphatic rings. The van der Waals surface area contributed by atoms with E-state index in [1.54, 1.807) is 24.3 Å². The van der Waals surface area contributed by atoms with Gasteiger partial charge in [-0.2, -0.15) is 13.2 Å². The van der Waals surface area contributed by atoms with Crippen molar-refractivity contribution in [1.29, 1.82) is 0 Å². The minimum absolute atomic E-state index is 0.0536. The van der Waals surface area contributed by atoms with Gasteiger partial charge in [-0.1, -0.05) is 46.1 Å². The molecule has 33 heavy (non-hydrogen) atoms. The molecule has 1 heterocycles. The molecule has 0 saturated heterocycles. The van der Waals surface area contributed by atoms with Gasteiger partial charge in [0.05, 0.1) is 11.3 Å². The third-order valence-corrected chi connectivity index (χ3v) is 5.64. The third kappa shape index (κ3) is 4.70. The average molecular weight is 494 g/mol. The first-order chi connectivity index (χ1) is 15.6. The molecule has 4 rings (SSSR count). The Morgan fingerprint density at radius 3 is 2.18 bits per heavy atom. The Labute approximate surface area is 197 Å². The molecule has 3 aromatic carbocycles. The zero-order valence-corrected chi connectivity index (χ0v) is 18.6. The number of carbonyl (C=O) groups excluding carboxylic acids is 1. The summed E-state index contributed by atoms with van der Waals surface area (Å²) in [4.78, 5) is 17.3. The van der Waals surface area contributed by atoms with Crippen molar-refractivity contribution < 1.29 is 27.5 Å². The predicted molar refractivity (Wildman–Crippen MR) is 119 cm³/mol. The Kier molecular flexibility index (Phi) is 6.12. The van der Waals surface area contributed by atoms with Crippen LogP contribution < -0.4 is 4.74 Å². The zero-order chi connectivity index (χ0) is 23.8. The van der Waals surface area contributed by atoms with Crippen molar-refractivity contribution in [3.8, 4) is 5.75 Å². The summed E-state index contributed by atoms with van der Waals surface area (Å²) >= 11 is 11.8. The van der Waals surface area contributed by atoms with Crippen molar-refractivity contribution in [2.75, 3.05) is 0 Å². The van der Waals surface area contributed by atoms with Gasteiger partial charge < -0.3 is 9.57 Å². The van der Waals surface area contributed by atoms with Gasteiger partial charge in [-0.15, -0.1) is 0 Å². The van der Waals surface area contributed by atoms with Gasteiger partial charge in [0.15, 0.2) is 0 Å². The van der Waals surface area contributed by atoms with E-state index >= 15 is 0 Å². The number of halogens is 5. The number of hydrogen-bond acceptors (Lipinski definition) is 4. The number of hydrogen-bond donors (Lipinski definition) is 0. The Morgan fingerprint density at radius 2 is 1.61 bits per heavy atom. The molecule has 0 bridgehead atoms. The summed E-state index contributed by atoms with van der Waals surface area (Å²) in [6.45, 7) is 1.90. The first-order valence-corrected chi connectivity index (χ1v) is 10.5. The maximum absolute atomic E-state index is 14.1. The topological polar surface area (TPSA) is 47.9 Å². The van der Waals surface area contributed by atoms with E-state index < -0.39 is 24.2 Å². The summed E-state index contributed by atoms with van der Waals surface area (Å²) in [5, 5.41) is 3.82. The molecular weight excluding hydrogens is 478 g/mol. The molecule has 0 saturated carbocycles. The van der Waals surface area contributed by atoms with Crippen LogP contribution in [0.3, 0.4) is 0 Å². The number of benzene rings is 3. The number of nitrogens with zero attached hydrogens (tertiary/aromatic N) is 1. The predicted octanol–water partition coefficient (Wildman–Crippen LogP) is 7.10. The van der Waals surface area contributed by atoms with Crippen molar-refractivity contribution in [3.05, 3.63) is 99.0 Å². The molecule has 0 N–H and O–H groups in total. The van der Waals surface area contributed by atoms with Crippen LogP contribution >= 0.6 is 23.2 Å². The molecular formula is C24H16Cl2F3NO3. The van der Waals surface area contributed by atoms with Crippen LogP contribution in [-0.2, 0) is 10.4 Å². The molecule has 1 aliphatic heterocycles. The van der Waals surface area contributed by atoms with Gasteiger partial charge in [0.25, 0.3) is 5.60 Å². The molecule has 3 aromatic rings. The summed E-state index contributed by atoms with van der Waals surface area (Å²) < 4.78 is 47.6. The van der Waals surface area contributed by atoms with E-state index in [-0.39, 0.29) is 27.1 Å². The van der Waals surface area contributed by atoms with E-state index in [2.05, 4.69) is 5.16 Å². The number of oxime groups is 1. The van der Waals surface area contributed by atoms with Gasteiger partial charge in [-0.05, 0) is 67.1 Å². The van der Waals surface area contributed by atoms with Crippen LogP contribution in [0.25, 0.3) is 0 Å². The third-order valence-electron chi connectivity index (χ3n) is 5.20. The quantitative estimate of drug-likeness (QED) is 0.287. The van der Waals surface area contributed by atoms with Crippen LogP contribution in [0.5, 0.6) is 5.75 Å². The minimum Gasteiger partial charge on any atom is -0.423 e. The van der Waals surface area contributed by atoms with E-state index in [0.29, 0.717) is 11.1 Å². The lowest BCUT2D eigenvalue weighted by Gasteiger charge is -2.29. The van der Waals surface area contributed by atoms with Crippen LogP contribution in [0.1, 0.15) is 33.5 Å². The smallest absolute Gasteiger partial charge is 0.423 e. The Balaban J connectivity index is 1.54. The normalized spacial score (nSPS) is 17.9. The Bertz CT molecular complexity index is 1200. The Hall–Kier alpha value is -3.03. The number of aryl methyl sites for hydroxylation is 1. The van der Waals surface area contributed by atoms with E-state index in [4.69, 9.17) is 32.8 Å². The molecule has 1 unspecified atom stereocenters. The number of rotatable bonds is 4.